The third kappa shape index (κ3) is 4.25. The van der Waals surface area contributed by atoms with Crippen molar-refractivity contribution in [3.8, 4) is 0 Å². The van der Waals surface area contributed by atoms with Crippen molar-refractivity contribution in [2.24, 2.45) is 0 Å². The van der Waals surface area contributed by atoms with Crippen LogP contribution in [0.3, 0.4) is 0 Å². The Kier molecular flexibility index (Phi) is 5.28. The minimum atomic E-state index is -0.810. The van der Waals surface area contributed by atoms with Crippen molar-refractivity contribution in [3.05, 3.63) is 35.4 Å². The first-order valence-corrected chi connectivity index (χ1v) is 6.98. The minimum Gasteiger partial charge on any atom is -0.374 e. The fraction of sp³-hybridized carbons (Fsp3) is 0.600. The molecule has 0 spiro atoms. The molecule has 106 valence electrons. The molecular weight excluding hydrogens is 248 g/mol. The van der Waals surface area contributed by atoms with Crippen LogP contribution in [0.5, 0.6) is 0 Å². The molecule has 19 heavy (non-hydrogen) atoms. The standard InChI is InChI=1S/C15H21F2NO/c1-2-18-12-4-6-13(7-5-12)19-10-11-3-8-14(16)15(17)9-11/h3,8-9,12-13,18H,2,4-7,10H2,1H3. The van der Waals surface area contributed by atoms with E-state index in [0.717, 1.165) is 38.3 Å². The molecule has 1 N–H and O–H groups in total. The van der Waals surface area contributed by atoms with Crippen LogP contribution in [0.25, 0.3) is 0 Å². The second-order valence-corrected chi connectivity index (χ2v) is 5.09. The molecule has 0 aromatic heterocycles. The maximum absolute atomic E-state index is 13.0. The van der Waals surface area contributed by atoms with Crippen LogP contribution in [0.1, 0.15) is 38.2 Å². The summed E-state index contributed by atoms with van der Waals surface area (Å²) in [5.41, 5.74) is 0.688. The third-order valence-corrected chi connectivity index (χ3v) is 3.64. The van der Waals surface area contributed by atoms with Gasteiger partial charge in [0.15, 0.2) is 11.6 Å². The van der Waals surface area contributed by atoms with Crippen LogP contribution in [-0.4, -0.2) is 18.7 Å². The molecule has 0 amide bonds. The van der Waals surface area contributed by atoms with Gasteiger partial charge in [0.25, 0.3) is 0 Å². The topological polar surface area (TPSA) is 21.3 Å². The summed E-state index contributed by atoms with van der Waals surface area (Å²) in [7, 11) is 0. The van der Waals surface area contributed by atoms with Crippen molar-refractivity contribution in [2.45, 2.75) is 51.4 Å². The second-order valence-electron chi connectivity index (χ2n) is 5.09. The summed E-state index contributed by atoms with van der Waals surface area (Å²) in [5, 5.41) is 3.45. The van der Waals surface area contributed by atoms with Gasteiger partial charge in [-0.05, 0) is 49.9 Å². The molecule has 0 bridgehead atoms. The highest BCUT2D eigenvalue weighted by molar-refractivity contribution is 5.16. The Hall–Kier alpha value is -1.00. The minimum absolute atomic E-state index is 0.239. The highest BCUT2D eigenvalue weighted by atomic mass is 19.2. The monoisotopic (exact) mass is 269 g/mol. The van der Waals surface area contributed by atoms with Crippen LogP contribution >= 0.6 is 0 Å². The lowest BCUT2D eigenvalue weighted by molar-refractivity contribution is 0.0113. The quantitative estimate of drug-likeness (QED) is 0.884. The number of benzene rings is 1. The SMILES string of the molecule is CCNC1CCC(OCc2ccc(F)c(F)c2)CC1. The summed E-state index contributed by atoms with van der Waals surface area (Å²) in [5.74, 6) is -1.62. The molecule has 4 heteroatoms. The first-order valence-electron chi connectivity index (χ1n) is 6.98. The van der Waals surface area contributed by atoms with Gasteiger partial charge in [-0.3, -0.25) is 0 Å². The zero-order chi connectivity index (χ0) is 13.7. The molecule has 1 fully saturated rings. The van der Waals surface area contributed by atoms with Gasteiger partial charge in [-0.25, -0.2) is 8.78 Å². The van der Waals surface area contributed by atoms with Gasteiger partial charge in [-0.2, -0.15) is 0 Å². The van der Waals surface area contributed by atoms with Crippen LogP contribution in [0.4, 0.5) is 8.78 Å². The summed E-state index contributed by atoms with van der Waals surface area (Å²) in [6.07, 6.45) is 4.54. The summed E-state index contributed by atoms with van der Waals surface area (Å²) in [6, 6.07) is 4.53. The molecule has 0 aliphatic heterocycles. The molecule has 0 saturated heterocycles. The van der Waals surface area contributed by atoms with Crippen molar-refractivity contribution in [1.82, 2.24) is 5.32 Å². The average Bonchev–Trinajstić information content (AvgIpc) is 2.42. The van der Waals surface area contributed by atoms with E-state index in [1.165, 1.54) is 6.07 Å². The van der Waals surface area contributed by atoms with Gasteiger partial charge in [0, 0.05) is 6.04 Å². The van der Waals surface area contributed by atoms with E-state index in [4.69, 9.17) is 4.74 Å². The van der Waals surface area contributed by atoms with Crippen molar-refractivity contribution >= 4 is 0 Å². The number of nitrogens with one attached hydrogen (secondary N) is 1. The molecule has 0 radical (unpaired) electrons. The zero-order valence-corrected chi connectivity index (χ0v) is 11.3. The molecule has 1 aromatic rings. The molecule has 2 nitrogen and oxygen atoms in total. The van der Waals surface area contributed by atoms with Gasteiger partial charge < -0.3 is 10.1 Å². The average molecular weight is 269 g/mol. The number of hydrogen-bond acceptors (Lipinski definition) is 2. The largest absolute Gasteiger partial charge is 0.374 e. The van der Waals surface area contributed by atoms with E-state index in [-0.39, 0.29) is 6.10 Å². The van der Waals surface area contributed by atoms with E-state index >= 15 is 0 Å². The molecule has 0 unspecified atom stereocenters. The number of rotatable bonds is 5. The molecular formula is C15H21F2NO. The maximum Gasteiger partial charge on any atom is 0.159 e. The van der Waals surface area contributed by atoms with Crippen LogP contribution in [0.2, 0.25) is 0 Å². The van der Waals surface area contributed by atoms with Crippen molar-refractivity contribution in [2.75, 3.05) is 6.54 Å². The highest BCUT2D eigenvalue weighted by Gasteiger charge is 2.20. The smallest absolute Gasteiger partial charge is 0.159 e. The fourth-order valence-electron chi connectivity index (χ4n) is 2.57. The zero-order valence-electron chi connectivity index (χ0n) is 11.3. The van der Waals surface area contributed by atoms with Crippen LogP contribution < -0.4 is 5.32 Å². The van der Waals surface area contributed by atoms with Crippen molar-refractivity contribution < 1.29 is 13.5 Å². The van der Waals surface area contributed by atoms with Gasteiger partial charge in [-0.1, -0.05) is 13.0 Å². The lowest BCUT2D eigenvalue weighted by Gasteiger charge is -2.29. The normalized spacial score (nSPS) is 23.5. The molecule has 0 heterocycles. The Labute approximate surface area is 113 Å². The van der Waals surface area contributed by atoms with Crippen LogP contribution in [-0.2, 0) is 11.3 Å². The van der Waals surface area contributed by atoms with E-state index < -0.39 is 11.6 Å². The molecule has 1 aromatic carbocycles. The second kappa shape index (κ2) is 6.96. The Morgan fingerprint density at radius 2 is 1.89 bits per heavy atom. The first kappa shape index (κ1) is 14.4. The lowest BCUT2D eigenvalue weighted by atomic mass is 9.93. The predicted molar refractivity (Wildman–Crippen MR) is 70.9 cm³/mol. The number of ether oxygens (including phenoxy) is 1. The summed E-state index contributed by atoms with van der Waals surface area (Å²) >= 11 is 0. The fourth-order valence-corrected chi connectivity index (χ4v) is 2.57. The van der Waals surface area contributed by atoms with E-state index in [0.29, 0.717) is 18.2 Å². The van der Waals surface area contributed by atoms with Crippen molar-refractivity contribution in [1.29, 1.82) is 0 Å². The predicted octanol–water partition coefficient (Wildman–Crippen LogP) is 3.40. The van der Waals surface area contributed by atoms with E-state index in [1.807, 2.05) is 0 Å². The molecule has 2 rings (SSSR count). The molecule has 0 atom stereocenters. The molecule has 1 aliphatic carbocycles. The molecule has 1 aliphatic rings. The van der Waals surface area contributed by atoms with Gasteiger partial charge in [-0.15, -0.1) is 0 Å². The lowest BCUT2D eigenvalue weighted by Crippen LogP contribution is -2.35. The summed E-state index contributed by atoms with van der Waals surface area (Å²) in [4.78, 5) is 0. The van der Waals surface area contributed by atoms with E-state index in [1.54, 1.807) is 6.07 Å². The Balaban J connectivity index is 1.75. The van der Waals surface area contributed by atoms with Gasteiger partial charge in [0.1, 0.15) is 0 Å². The van der Waals surface area contributed by atoms with Gasteiger partial charge >= 0.3 is 0 Å². The summed E-state index contributed by atoms with van der Waals surface area (Å²) in [6.45, 7) is 3.48. The van der Waals surface area contributed by atoms with Crippen LogP contribution in [0.15, 0.2) is 18.2 Å². The van der Waals surface area contributed by atoms with Crippen LogP contribution in [0, 0.1) is 11.6 Å². The van der Waals surface area contributed by atoms with Crippen molar-refractivity contribution in [3.63, 3.8) is 0 Å². The van der Waals surface area contributed by atoms with E-state index in [2.05, 4.69) is 12.2 Å². The Morgan fingerprint density at radius 3 is 2.53 bits per heavy atom. The van der Waals surface area contributed by atoms with Gasteiger partial charge in [0.2, 0.25) is 0 Å². The Morgan fingerprint density at radius 1 is 1.16 bits per heavy atom. The van der Waals surface area contributed by atoms with E-state index in [9.17, 15) is 8.78 Å². The summed E-state index contributed by atoms with van der Waals surface area (Å²) < 4.78 is 31.6. The molecule has 1 saturated carbocycles. The Bertz CT molecular complexity index is 403. The number of halogens is 2. The van der Waals surface area contributed by atoms with Gasteiger partial charge in [0.05, 0.1) is 12.7 Å². The first-order chi connectivity index (χ1) is 9.19. The highest BCUT2D eigenvalue weighted by Crippen LogP contribution is 2.22. The third-order valence-electron chi connectivity index (χ3n) is 3.64. The maximum atomic E-state index is 13.0. The number of hydrogen-bond donors (Lipinski definition) is 1.